The summed E-state index contributed by atoms with van der Waals surface area (Å²) in [4.78, 5) is 4.12. The maximum atomic E-state index is 12.6. The first kappa shape index (κ1) is 18.6. The van der Waals surface area contributed by atoms with Crippen LogP contribution in [0, 0.1) is 0 Å². The van der Waals surface area contributed by atoms with Crippen LogP contribution in [-0.4, -0.2) is 73.2 Å². The Bertz CT molecular complexity index is 698. The zero-order valence-electron chi connectivity index (χ0n) is 13.6. The molecular weight excluding hydrogens is 357 g/mol. The molecule has 2 saturated heterocycles. The molecule has 25 heavy (non-hydrogen) atoms. The van der Waals surface area contributed by atoms with Crippen molar-refractivity contribution in [2.24, 2.45) is 0 Å². The molecule has 0 aliphatic carbocycles. The summed E-state index contributed by atoms with van der Waals surface area (Å²) in [6, 6.07) is 4.81. The first-order valence-corrected chi connectivity index (χ1v) is 9.97. The summed E-state index contributed by atoms with van der Waals surface area (Å²) >= 11 is 0. The van der Waals surface area contributed by atoms with Crippen LogP contribution in [0.15, 0.2) is 24.3 Å². The second-order valence-electron chi connectivity index (χ2n) is 6.72. The number of piperazine rings is 1. The van der Waals surface area contributed by atoms with Gasteiger partial charge in [-0.2, -0.15) is 13.2 Å². The van der Waals surface area contributed by atoms with Gasteiger partial charge < -0.3 is 5.11 Å². The number of aliphatic hydroxyl groups excluding tert-OH is 1. The fraction of sp³-hybridized carbons (Fsp3) is 0.625. The highest BCUT2D eigenvalue weighted by Crippen LogP contribution is 2.29. The van der Waals surface area contributed by atoms with E-state index in [0.717, 1.165) is 17.7 Å². The van der Waals surface area contributed by atoms with Crippen LogP contribution in [0.2, 0.25) is 0 Å². The zero-order valence-corrected chi connectivity index (χ0v) is 14.4. The maximum absolute atomic E-state index is 12.6. The van der Waals surface area contributed by atoms with Gasteiger partial charge in [0.15, 0.2) is 9.84 Å². The number of halogens is 3. The zero-order chi connectivity index (χ0) is 18.2. The molecule has 2 heterocycles. The van der Waals surface area contributed by atoms with E-state index in [0.29, 0.717) is 32.7 Å². The lowest BCUT2D eigenvalue weighted by molar-refractivity contribution is -0.137. The SMILES string of the molecule is O=S1(=O)CC(O)C(N2CCN(Cc3ccc(C(F)(F)F)cc3)CC2)C1. The van der Waals surface area contributed by atoms with Crippen LogP contribution in [0.25, 0.3) is 0 Å². The number of hydrogen-bond donors (Lipinski definition) is 1. The summed E-state index contributed by atoms with van der Waals surface area (Å²) < 4.78 is 61.0. The van der Waals surface area contributed by atoms with Crippen LogP contribution in [-0.2, 0) is 22.6 Å². The molecule has 9 heteroatoms. The Morgan fingerprint density at radius 1 is 1.04 bits per heavy atom. The van der Waals surface area contributed by atoms with E-state index >= 15 is 0 Å². The number of sulfone groups is 1. The van der Waals surface area contributed by atoms with Gasteiger partial charge in [0.1, 0.15) is 0 Å². The van der Waals surface area contributed by atoms with E-state index in [2.05, 4.69) is 4.90 Å². The monoisotopic (exact) mass is 378 g/mol. The van der Waals surface area contributed by atoms with E-state index < -0.39 is 27.7 Å². The molecule has 1 N–H and O–H groups in total. The van der Waals surface area contributed by atoms with E-state index in [-0.39, 0.29) is 17.5 Å². The molecule has 0 bridgehead atoms. The Hall–Kier alpha value is -1.16. The van der Waals surface area contributed by atoms with Crippen molar-refractivity contribution in [3.63, 3.8) is 0 Å². The average molecular weight is 378 g/mol. The maximum Gasteiger partial charge on any atom is 0.416 e. The molecule has 3 rings (SSSR count). The minimum Gasteiger partial charge on any atom is -0.390 e. The molecule has 1 aromatic carbocycles. The molecule has 0 radical (unpaired) electrons. The van der Waals surface area contributed by atoms with Crippen molar-refractivity contribution in [1.82, 2.24) is 9.80 Å². The van der Waals surface area contributed by atoms with Gasteiger partial charge in [0, 0.05) is 32.7 Å². The van der Waals surface area contributed by atoms with Gasteiger partial charge in [-0.1, -0.05) is 12.1 Å². The quantitative estimate of drug-likeness (QED) is 0.850. The average Bonchev–Trinajstić information content (AvgIpc) is 2.81. The number of nitrogens with zero attached hydrogens (tertiary/aromatic N) is 2. The van der Waals surface area contributed by atoms with Gasteiger partial charge in [-0.15, -0.1) is 0 Å². The normalized spacial score (nSPS) is 28.3. The van der Waals surface area contributed by atoms with E-state index in [4.69, 9.17) is 0 Å². The third-order valence-electron chi connectivity index (χ3n) is 4.86. The van der Waals surface area contributed by atoms with Gasteiger partial charge in [-0.05, 0) is 17.7 Å². The summed E-state index contributed by atoms with van der Waals surface area (Å²) in [6.45, 7) is 3.20. The Kier molecular flexibility index (Phi) is 5.11. The largest absolute Gasteiger partial charge is 0.416 e. The van der Waals surface area contributed by atoms with E-state index in [9.17, 15) is 26.7 Å². The van der Waals surface area contributed by atoms with E-state index in [1.165, 1.54) is 12.1 Å². The highest BCUT2D eigenvalue weighted by atomic mass is 32.2. The molecule has 2 aliphatic heterocycles. The molecule has 0 aromatic heterocycles. The van der Waals surface area contributed by atoms with Gasteiger partial charge in [-0.25, -0.2) is 8.42 Å². The lowest BCUT2D eigenvalue weighted by atomic mass is 10.1. The molecule has 140 valence electrons. The first-order valence-electron chi connectivity index (χ1n) is 8.15. The molecule has 0 spiro atoms. The fourth-order valence-corrected chi connectivity index (χ4v) is 5.30. The van der Waals surface area contributed by atoms with Crippen molar-refractivity contribution in [3.8, 4) is 0 Å². The predicted molar refractivity (Wildman–Crippen MR) is 86.7 cm³/mol. The van der Waals surface area contributed by atoms with Crippen LogP contribution in [0.4, 0.5) is 13.2 Å². The number of benzene rings is 1. The third-order valence-corrected chi connectivity index (χ3v) is 6.56. The smallest absolute Gasteiger partial charge is 0.390 e. The van der Waals surface area contributed by atoms with Gasteiger partial charge >= 0.3 is 6.18 Å². The molecule has 2 aliphatic rings. The molecule has 2 fully saturated rings. The predicted octanol–water partition coefficient (Wildman–Crippen LogP) is 0.981. The van der Waals surface area contributed by atoms with E-state index in [1.807, 2.05) is 4.90 Å². The first-order chi connectivity index (χ1) is 11.6. The summed E-state index contributed by atoms with van der Waals surface area (Å²) in [7, 11) is -3.17. The molecule has 0 amide bonds. The highest BCUT2D eigenvalue weighted by Gasteiger charge is 2.40. The van der Waals surface area contributed by atoms with Gasteiger partial charge in [0.05, 0.1) is 29.2 Å². The fourth-order valence-electron chi connectivity index (χ4n) is 3.47. The summed E-state index contributed by atoms with van der Waals surface area (Å²) in [5, 5.41) is 9.94. The minimum absolute atomic E-state index is 0.00687. The second-order valence-corrected chi connectivity index (χ2v) is 8.87. The lowest BCUT2D eigenvalue weighted by Gasteiger charge is -2.38. The highest BCUT2D eigenvalue weighted by molar-refractivity contribution is 7.91. The van der Waals surface area contributed by atoms with Crippen LogP contribution >= 0.6 is 0 Å². The lowest BCUT2D eigenvalue weighted by Crippen LogP contribution is -2.53. The molecule has 5 nitrogen and oxygen atoms in total. The molecule has 2 unspecified atom stereocenters. The Labute approximate surface area is 145 Å². The van der Waals surface area contributed by atoms with Crippen LogP contribution in [0.3, 0.4) is 0 Å². The van der Waals surface area contributed by atoms with E-state index in [1.54, 1.807) is 0 Å². The Balaban J connectivity index is 1.53. The number of rotatable bonds is 3. The standard InChI is InChI=1S/C16H21F3N2O3S/c17-16(18,19)13-3-1-12(2-4-13)9-20-5-7-21(8-6-20)14-10-25(23,24)11-15(14)22/h1-4,14-15,22H,5-11H2. The van der Waals surface area contributed by atoms with Crippen molar-refractivity contribution < 1.29 is 26.7 Å². The van der Waals surface area contributed by atoms with Gasteiger partial charge in [-0.3, -0.25) is 9.80 Å². The Morgan fingerprint density at radius 3 is 2.12 bits per heavy atom. The minimum atomic E-state index is -4.33. The molecule has 1 aromatic rings. The summed E-state index contributed by atoms with van der Waals surface area (Å²) in [5.41, 5.74) is 0.155. The van der Waals surface area contributed by atoms with Crippen molar-refractivity contribution in [1.29, 1.82) is 0 Å². The van der Waals surface area contributed by atoms with Gasteiger partial charge in [0.25, 0.3) is 0 Å². The van der Waals surface area contributed by atoms with Crippen LogP contribution in [0.1, 0.15) is 11.1 Å². The second kappa shape index (κ2) is 6.86. The summed E-state index contributed by atoms with van der Waals surface area (Å²) in [6.07, 6.45) is -5.17. The van der Waals surface area contributed by atoms with Gasteiger partial charge in [0.2, 0.25) is 0 Å². The van der Waals surface area contributed by atoms with Crippen molar-refractivity contribution >= 4 is 9.84 Å². The molecule has 2 atom stereocenters. The van der Waals surface area contributed by atoms with Crippen molar-refractivity contribution in [2.45, 2.75) is 24.9 Å². The molecular formula is C16H21F3N2O3S. The van der Waals surface area contributed by atoms with Crippen molar-refractivity contribution in [3.05, 3.63) is 35.4 Å². The topological polar surface area (TPSA) is 60.9 Å². The number of alkyl halides is 3. The summed E-state index contributed by atoms with van der Waals surface area (Å²) in [5.74, 6) is -0.184. The number of hydrogen-bond acceptors (Lipinski definition) is 5. The van der Waals surface area contributed by atoms with Crippen LogP contribution in [0.5, 0.6) is 0 Å². The number of aliphatic hydroxyl groups is 1. The van der Waals surface area contributed by atoms with Crippen molar-refractivity contribution in [2.75, 3.05) is 37.7 Å². The van der Waals surface area contributed by atoms with Crippen LogP contribution < -0.4 is 0 Å². The third kappa shape index (κ3) is 4.52. The Morgan fingerprint density at radius 2 is 1.64 bits per heavy atom. The molecule has 0 saturated carbocycles.